The summed E-state index contributed by atoms with van der Waals surface area (Å²) in [6, 6.07) is 10.1. The van der Waals surface area contributed by atoms with E-state index in [1.165, 1.54) is 0 Å². The number of rotatable bonds is 5. The molecule has 0 amide bonds. The van der Waals surface area contributed by atoms with Gasteiger partial charge in [-0.05, 0) is 5.56 Å². The Morgan fingerprint density at radius 2 is 2.21 bits per heavy atom. The Morgan fingerprint density at radius 3 is 2.79 bits per heavy atom. The van der Waals surface area contributed by atoms with Crippen molar-refractivity contribution >= 4 is 0 Å². The van der Waals surface area contributed by atoms with Crippen LogP contribution in [0, 0.1) is 0 Å². The predicted molar refractivity (Wildman–Crippen MR) is 55.1 cm³/mol. The SMILES string of the molecule is C=CC(OCC1CO1)c1ccccc1. The molecule has 2 heteroatoms. The van der Waals surface area contributed by atoms with Gasteiger partial charge in [0.2, 0.25) is 0 Å². The number of epoxide rings is 1. The highest BCUT2D eigenvalue weighted by molar-refractivity contribution is 5.20. The summed E-state index contributed by atoms with van der Waals surface area (Å²) in [6.07, 6.45) is 2.11. The summed E-state index contributed by atoms with van der Waals surface area (Å²) in [7, 11) is 0. The van der Waals surface area contributed by atoms with Gasteiger partial charge in [0, 0.05) is 0 Å². The normalized spacial score (nSPS) is 21.6. The molecule has 0 N–H and O–H groups in total. The number of ether oxygens (including phenoxy) is 2. The van der Waals surface area contributed by atoms with Crippen LogP contribution in [0.2, 0.25) is 0 Å². The highest BCUT2D eigenvalue weighted by atomic mass is 16.6. The molecule has 2 atom stereocenters. The summed E-state index contributed by atoms with van der Waals surface area (Å²) in [5, 5.41) is 0. The summed E-state index contributed by atoms with van der Waals surface area (Å²) in [5.74, 6) is 0. The molecule has 2 unspecified atom stereocenters. The molecule has 1 fully saturated rings. The lowest BCUT2D eigenvalue weighted by atomic mass is 10.1. The average molecular weight is 190 g/mol. The smallest absolute Gasteiger partial charge is 0.104 e. The van der Waals surface area contributed by atoms with Gasteiger partial charge in [-0.3, -0.25) is 0 Å². The molecular formula is C12H14O2. The molecule has 14 heavy (non-hydrogen) atoms. The molecule has 1 heterocycles. The fourth-order valence-corrected chi connectivity index (χ4v) is 1.32. The lowest BCUT2D eigenvalue weighted by Crippen LogP contribution is -2.06. The zero-order valence-electron chi connectivity index (χ0n) is 8.06. The summed E-state index contributed by atoms with van der Waals surface area (Å²) < 4.78 is 10.7. The van der Waals surface area contributed by atoms with Crippen molar-refractivity contribution in [2.75, 3.05) is 13.2 Å². The van der Waals surface area contributed by atoms with Crippen LogP contribution in [-0.4, -0.2) is 19.3 Å². The topological polar surface area (TPSA) is 21.8 Å². The van der Waals surface area contributed by atoms with Gasteiger partial charge in [-0.15, -0.1) is 6.58 Å². The fourth-order valence-electron chi connectivity index (χ4n) is 1.32. The van der Waals surface area contributed by atoms with Gasteiger partial charge in [0.05, 0.1) is 13.2 Å². The number of hydrogen-bond acceptors (Lipinski definition) is 2. The molecule has 0 saturated carbocycles. The standard InChI is InChI=1S/C12H14O2/c1-2-12(14-9-11-8-13-11)10-6-4-3-5-7-10/h2-7,11-12H,1,8-9H2. The van der Waals surface area contributed by atoms with E-state index in [9.17, 15) is 0 Å². The van der Waals surface area contributed by atoms with E-state index < -0.39 is 0 Å². The van der Waals surface area contributed by atoms with Gasteiger partial charge in [0.1, 0.15) is 12.2 Å². The summed E-state index contributed by atoms with van der Waals surface area (Å²) in [6.45, 7) is 5.26. The molecule has 2 rings (SSSR count). The Bertz CT molecular complexity index is 290. The Morgan fingerprint density at radius 1 is 1.50 bits per heavy atom. The summed E-state index contributed by atoms with van der Waals surface area (Å²) in [5.41, 5.74) is 1.14. The lowest BCUT2D eigenvalue weighted by Gasteiger charge is -2.13. The molecule has 0 spiro atoms. The van der Waals surface area contributed by atoms with Crippen LogP contribution in [0.25, 0.3) is 0 Å². The van der Waals surface area contributed by atoms with Crippen molar-refractivity contribution in [3.63, 3.8) is 0 Å². The largest absolute Gasteiger partial charge is 0.371 e. The van der Waals surface area contributed by atoms with E-state index in [-0.39, 0.29) is 6.10 Å². The quantitative estimate of drug-likeness (QED) is 0.525. The van der Waals surface area contributed by atoms with Crippen molar-refractivity contribution in [3.05, 3.63) is 48.6 Å². The monoisotopic (exact) mass is 190 g/mol. The van der Waals surface area contributed by atoms with Crippen molar-refractivity contribution < 1.29 is 9.47 Å². The molecule has 2 nitrogen and oxygen atoms in total. The van der Waals surface area contributed by atoms with E-state index in [0.717, 1.165) is 12.2 Å². The Balaban J connectivity index is 1.94. The van der Waals surface area contributed by atoms with E-state index >= 15 is 0 Å². The predicted octanol–water partition coefficient (Wildman–Crippen LogP) is 2.33. The maximum atomic E-state index is 5.66. The molecule has 1 aliphatic heterocycles. The van der Waals surface area contributed by atoms with E-state index in [1.807, 2.05) is 36.4 Å². The van der Waals surface area contributed by atoms with Crippen LogP contribution in [0.4, 0.5) is 0 Å². The first-order valence-corrected chi connectivity index (χ1v) is 4.81. The molecule has 1 saturated heterocycles. The van der Waals surface area contributed by atoms with Crippen LogP contribution in [-0.2, 0) is 9.47 Å². The van der Waals surface area contributed by atoms with Gasteiger partial charge in [0.15, 0.2) is 0 Å². The lowest BCUT2D eigenvalue weighted by molar-refractivity contribution is 0.0721. The molecule has 1 aromatic rings. The average Bonchev–Trinajstić information content (AvgIpc) is 3.04. The van der Waals surface area contributed by atoms with Crippen LogP contribution in [0.5, 0.6) is 0 Å². The number of hydrogen-bond donors (Lipinski definition) is 0. The molecule has 0 radical (unpaired) electrons. The Labute approximate surface area is 84.2 Å². The highest BCUT2D eigenvalue weighted by Crippen LogP contribution is 2.20. The van der Waals surface area contributed by atoms with E-state index in [1.54, 1.807) is 0 Å². The van der Waals surface area contributed by atoms with Gasteiger partial charge >= 0.3 is 0 Å². The molecule has 74 valence electrons. The van der Waals surface area contributed by atoms with Crippen LogP contribution >= 0.6 is 0 Å². The van der Waals surface area contributed by atoms with E-state index in [0.29, 0.717) is 12.7 Å². The molecule has 0 bridgehead atoms. The molecule has 1 aliphatic rings. The van der Waals surface area contributed by atoms with Crippen molar-refractivity contribution in [1.29, 1.82) is 0 Å². The second-order valence-electron chi connectivity index (χ2n) is 3.36. The van der Waals surface area contributed by atoms with Gasteiger partial charge < -0.3 is 9.47 Å². The zero-order valence-corrected chi connectivity index (χ0v) is 8.06. The first-order chi connectivity index (χ1) is 6.90. The maximum absolute atomic E-state index is 5.66. The third-order valence-electron chi connectivity index (χ3n) is 2.21. The summed E-state index contributed by atoms with van der Waals surface area (Å²) >= 11 is 0. The van der Waals surface area contributed by atoms with Gasteiger partial charge in [0.25, 0.3) is 0 Å². The molecule has 1 aromatic carbocycles. The van der Waals surface area contributed by atoms with Crippen LogP contribution in [0.1, 0.15) is 11.7 Å². The van der Waals surface area contributed by atoms with Gasteiger partial charge in [-0.2, -0.15) is 0 Å². The van der Waals surface area contributed by atoms with Crippen LogP contribution in [0.3, 0.4) is 0 Å². The first-order valence-electron chi connectivity index (χ1n) is 4.81. The second kappa shape index (κ2) is 4.40. The van der Waals surface area contributed by atoms with Gasteiger partial charge in [-0.25, -0.2) is 0 Å². The third-order valence-corrected chi connectivity index (χ3v) is 2.21. The van der Waals surface area contributed by atoms with Gasteiger partial charge in [-0.1, -0.05) is 36.4 Å². The minimum absolute atomic E-state index is 0.0135. The third kappa shape index (κ3) is 2.44. The maximum Gasteiger partial charge on any atom is 0.104 e. The highest BCUT2D eigenvalue weighted by Gasteiger charge is 2.23. The first kappa shape index (κ1) is 9.44. The summed E-state index contributed by atoms with van der Waals surface area (Å²) in [4.78, 5) is 0. The Kier molecular flexibility index (Phi) is 2.96. The fraction of sp³-hybridized carbons (Fsp3) is 0.333. The van der Waals surface area contributed by atoms with Crippen LogP contribution in [0.15, 0.2) is 43.0 Å². The van der Waals surface area contributed by atoms with Crippen molar-refractivity contribution in [2.24, 2.45) is 0 Å². The molecule has 0 aliphatic carbocycles. The van der Waals surface area contributed by atoms with Crippen LogP contribution < -0.4 is 0 Å². The minimum Gasteiger partial charge on any atom is -0.371 e. The number of benzene rings is 1. The molecular weight excluding hydrogens is 176 g/mol. The Hall–Kier alpha value is -1.12. The van der Waals surface area contributed by atoms with Crippen molar-refractivity contribution in [1.82, 2.24) is 0 Å². The van der Waals surface area contributed by atoms with E-state index in [2.05, 4.69) is 6.58 Å². The van der Waals surface area contributed by atoms with Crippen molar-refractivity contribution in [2.45, 2.75) is 12.2 Å². The minimum atomic E-state index is -0.0135. The second-order valence-corrected chi connectivity index (χ2v) is 3.36. The zero-order chi connectivity index (χ0) is 9.80. The van der Waals surface area contributed by atoms with Crippen molar-refractivity contribution in [3.8, 4) is 0 Å². The van der Waals surface area contributed by atoms with E-state index in [4.69, 9.17) is 9.47 Å². The molecule has 0 aromatic heterocycles.